The minimum atomic E-state index is 0.318. The van der Waals surface area contributed by atoms with Gasteiger partial charge in [-0.1, -0.05) is 26.7 Å². The molecule has 1 saturated carbocycles. The zero-order chi connectivity index (χ0) is 13.7. The maximum atomic E-state index is 6.16. The van der Waals surface area contributed by atoms with Crippen LogP contribution in [0.2, 0.25) is 0 Å². The highest BCUT2D eigenvalue weighted by Crippen LogP contribution is 2.30. The largest absolute Gasteiger partial charge is 0.474 e. The van der Waals surface area contributed by atoms with Gasteiger partial charge in [-0.2, -0.15) is 0 Å². The van der Waals surface area contributed by atoms with Crippen LogP contribution in [-0.4, -0.2) is 23.1 Å². The molecule has 106 valence electrons. The molecule has 0 radical (unpaired) electrons. The summed E-state index contributed by atoms with van der Waals surface area (Å²) in [6, 6.07) is 0. The van der Waals surface area contributed by atoms with Crippen LogP contribution in [-0.2, 0) is 6.42 Å². The molecule has 1 N–H and O–H groups in total. The molecular weight excluding hydrogens is 238 g/mol. The van der Waals surface area contributed by atoms with Crippen molar-refractivity contribution in [2.24, 2.45) is 5.92 Å². The molecule has 1 heterocycles. The summed E-state index contributed by atoms with van der Waals surface area (Å²) in [5.74, 6) is 2.44. The fourth-order valence-electron chi connectivity index (χ4n) is 2.83. The molecule has 4 nitrogen and oxygen atoms in total. The van der Waals surface area contributed by atoms with Crippen molar-refractivity contribution in [1.82, 2.24) is 9.97 Å². The number of aromatic nitrogens is 2. The summed E-state index contributed by atoms with van der Waals surface area (Å²) < 4.78 is 6.16. The van der Waals surface area contributed by atoms with Crippen LogP contribution < -0.4 is 10.1 Å². The molecule has 2 atom stereocenters. The maximum absolute atomic E-state index is 6.16. The van der Waals surface area contributed by atoms with Crippen molar-refractivity contribution in [3.8, 4) is 5.88 Å². The van der Waals surface area contributed by atoms with Crippen LogP contribution in [0.25, 0.3) is 0 Å². The predicted octanol–water partition coefficient (Wildman–Crippen LogP) is 3.43. The number of hydrogen-bond donors (Lipinski definition) is 1. The Balaban J connectivity index is 2.14. The molecular formula is C15H25N3O. The highest BCUT2D eigenvalue weighted by atomic mass is 16.5. The first kappa shape index (κ1) is 14.1. The van der Waals surface area contributed by atoms with E-state index in [2.05, 4.69) is 29.1 Å². The zero-order valence-corrected chi connectivity index (χ0v) is 12.3. The van der Waals surface area contributed by atoms with Crippen LogP contribution >= 0.6 is 0 Å². The topological polar surface area (TPSA) is 47.0 Å². The first-order valence-electron chi connectivity index (χ1n) is 7.42. The minimum Gasteiger partial charge on any atom is -0.474 e. The number of rotatable bonds is 5. The summed E-state index contributed by atoms with van der Waals surface area (Å²) in [6.07, 6.45) is 8.81. The van der Waals surface area contributed by atoms with Gasteiger partial charge in [0, 0.05) is 7.05 Å². The average molecular weight is 263 g/mol. The molecule has 0 aliphatic heterocycles. The highest BCUT2D eigenvalue weighted by molar-refractivity contribution is 5.48. The summed E-state index contributed by atoms with van der Waals surface area (Å²) in [7, 11) is 1.90. The van der Waals surface area contributed by atoms with Gasteiger partial charge in [0.2, 0.25) is 5.88 Å². The van der Waals surface area contributed by atoms with Gasteiger partial charge in [-0.25, -0.2) is 9.97 Å². The van der Waals surface area contributed by atoms with E-state index in [4.69, 9.17) is 4.74 Å². The Hall–Kier alpha value is -1.32. The highest BCUT2D eigenvalue weighted by Gasteiger charge is 2.22. The van der Waals surface area contributed by atoms with Crippen molar-refractivity contribution in [1.29, 1.82) is 0 Å². The lowest BCUT2D eigenvalue weighted by Crippen LogP contribution is -2.25. The number of nitrogens with zero attached hydrogens (tertiary/aromatic N) is 2. The SMILES string of the molecule is CCCc1c(NC)ncnc1OC1CCCC(C)C1. The van der Waals surface area contributed by atoms with E-state index in [1.807, 2.05) is 7.05 Å². The number of ether oxygens (including phenoxy) is 1. The molecule has 4 heteroatoms. The predicted molar refractivity (Wildman–Crippen MR) is 77.6 cm³/mol. The zero-order valence-electron chi connectivity index (χ0n) is 12.3. The van der Waals surface area contributed by atoms with E-state index >= 15 is 0 Å². The van der Waals surface area contributed by atoms with Gasteiger partial charge in [0.1, 0.15) is 18.2 Å². The van der Waals surface area contributed by atoms with Gasteiger partial charge in [0.15, 0.2) is 0 Å². The summed E-state index contributed by atoms with van der Waals surface area (Å²) in [4.78, 5) is 8.63. The lowest BCUT2D eigenvalue weighted by molar-refractivity contribution is 0.122. The fourth-order valence-corrected chi connectivity index (χ4v) is 2.83. The molecule has 1 aromatic heterocycles. The van der Waals surface area contributed by atoms with Crippen molar-refractivity contribution >= 4 is 5.82 Å². The molecule has 2 unspecified atom stereocenters. The molecule has 0 bridgehead atoms. The normalized spacial score (nSPS) is 23.1. The first-order chi connectivity index (χ1) is 9.24. The van der Waals surface area contributed by atoms with Gasteiger partial charge in [0.25, 0.3) is 0 Å². The van der Waals surface area contributed by atoms with Crippen molar-refractivity contribution in [3.63, 3.8) is 0 Å². The second kappa shape index (κ2) is 6.73. The van der Waals surface area contributed by atoms with Gasteiger partial charge >= 0.3 is 0 Å². The van der Waals surface area contributed by atoms with Crippen LogP contribution in [0.5, 0.6) is 5.88 Å². The average Bonchev–Trinajstić information content (AvgIpc) is 2.41. The van der Waals surface area contributed by atoms with Crippen LogP contribution in [0.15, 0.2) is 6.33 Å². The monoisotopic (exact) mass is 263 g/mol. The quantitative estimate of drug-likeness (QED) is 0.884. The third kappa shape index (κ3) is 3.58. The third-order valence-corrected chi connectivity index (χ3v) is 3.81. The van der Waals surface area contributed by atoms with Crippen molar-refractivity contribution in [2.45, 2.75) is 58.5 Å². The lowest BCUT2D eigenvalue weighted by atomic mass is 9.89. The van der Waals surface area contributed by atoms with E-state index in [9.17, 15) is 0 Å². The molecule has 1 aliphatic rings. The van der Waals surface area contributed by atoms with Gasteiger partial charge in [-0.05, 0) is 31.6 Å². The lowest BCUT2D eigenvalue weighted by Gasteiger charge is -2.27. The Morgan fingerprint density at radius 1 is 1.37 bits per heavy atom. The van der Waals surface area contributed by atoms with Gasteiger partial charge in [-0.3, -0.25) is 0 Å². The van der Waals surface area contributed by atoms with E-state index in [0.29, 0.717) is 6.10 Å². The van der Waals surface area contributed by atoms with Gasteiger partial charge in [0.05, 0.1) is 5.56 Å². The van der Waals surface area contributed by atoms with Crippen LogP contribution in [0, 0.1) is 5.92 Å². The van der Waals surface area contributed by atoms with E-state index in [1.165, 1.54) is 12.8 Å². The van der Waals surface area contributed by atoms with Crippen molar-refractivity contribution < 1.29 is 4.74 Å². The second-order valence-electron chi connectivity index (χ2n) is 5.52. The minimum absolute atomic E-state index is 0.318. The Kier molecular flexibility index (Phi) is 5.00. The van der Waals surface area contributed by atoms with Crippen LogP contribution in [0.1, 0.15) is 51.5 Å². The molecule has 19 heavy (non-hydrogen) atoms. The maximum Gasteiger partial charge on any atom is 0.222 e. The van der Waals surface area contributed by atoms with Crippen LogP contribution in [0.3, 0.4) is 0 Å². The van der Waals surface area contributed by atoms with E-state index in [1.54, 1.807) is 6.33 Å². The van der Waals surface area contributed by atoms with Crippen LogP contribution in [0.4, 0.5) is 5.82 Å². The Bertz CT molecular complexity index is 408. The molecule has 0 aromatic carbocycles. The molecule has 1 fully saturated rings. The van der Waals surface area contributed by atoms with Gasteiger partial charge < -0.3 is 10.1 Å². The smallest absolute Gasteiger partial charge is 0.222 e. The molecule has 1 aromatic rings. The third-order valence-electron chi connectivity index (χ3n) is 3.81. The second-order valence-corrected chi connectivity index (χ2v) is 5.52. The Morgan fingerprint density at radius 3 is 2.89 bits per heavy atom. The van der Waals surface area contributed by atoms with Crippen molar-refractivity contribution in [3.05, 3.63) is 11.9 Å². The number of hydrogen-bond acceptors (Lipinski definition) is 4. The number of nitrogens with one attached hydrogen (secondary N) is 1. The Labute approximate surface area is 116 Å². The summed E-state index contributed by atoms with van der Waals surface area (Å²) in [6.45, 7) is 4.47. The van der Waals surface area contributed by atoms with Crippen molar-refractivity contribution in [2.75, 3.05) is 12.4 Å². The van der Waals surface area contributed by atoms with Gasteiger partial charge in [-0.15, -0.1) is 0 Å². The summed E-state index contributed by atoms with van der Waals surface area (Å²) >= 11 is 0. The number of anilines is 1. The van der Waals surface area contributed by atoms with E-state index < -0.39 is 0 Å². The van der Waals surface area contributed by atoms with E-state index in [-0.39, 0.29) is 0 Å². The fraction of sp³-hybridized carbons (Fsp3) is 0.733. The molecule has 1 aliphatic carbocycles. The first-order valence-corrected chi connectivity index (χ1v) is 7.42. The molecule has 0 saturated heterocycles. The van der Waals surface area contributed by atoms with E-state index in [0.717, 1.165) is 48.9 Å². The summed E-state index contributed by atoms with van der Waals surface area (Å²) in [5.41, 5.74) is 1.12. The standard InChI is InChI=1S/C15H25N3O/c1-4-6-13-14(16-3)17-10-18-15(13)19-12-8-5-7-11(2)9-12/h10-12H,4-9H2,1-3H3,(H,16,17,18). The summed E-state index contributed by atoms with van der Waals surface area (Å²) in [5, 5.41) is 3.14. The molecule has 2 rings (SSSR count). The Morgan fingerprint density at radius 2 is 2.21 bits per heavy atom. The molecule has 0 spiro atoms. The molecule has 0 amide bonds.